The maximum Gasteiger partial charge on any atom is 0.410 e. The third-order valence-corrected chi connectivity index (χ3v) is 7.75. The second kappa shape index (κ2) is 13.4. The summed E-state index contributed by atoms with van der Waals surface area (Å²) < 4.78 is 27.9. The predicted octanol–water partition coefficient (Wildman–Crippen LogP) is 6.09. The van der Waals surface area contributed by atoms with Crippen LogP contribution in [0.2, 0.25) is 0 Å². The summed E-state index contributed by atoms with van der Waals surface area (Å²) in [6.45, 7) is 13.1. The highest BCUT2D eigenvalue weighted by molar-refractivity contribution is 5.71. The van der Waals surface area contributed by atoms with Crippen molar-refractivity contribution in [2.45, 2.75) is 84.1 Å². The quantitative estimate of drug-likeness (QED) is 0.322. The minimum atomic E-state index is -0.624. The minimum absolute atomic E-state index is 0.104. The average Bonchev–Trinajstić information content (AvgIpc) is 3.68. The molecule has 0 bridgehead atoms. The normalized spacial score (nSPS) is 17.3. The van der Waals surface area contributed by atoms with E-state index < -0.39 is 23.1 Å². The number of carbonyl (C=O) groups excluding carboxylic acids is 2. The van der Waals surface area contributed by atoms with Gasteiger partial charge in [-0.25, -0.2) is 23.9 Å². The predicted molar refractivity (Wildman–Crippen MR) is 174 cm³/mol. The Hall–Kier alpha value is -4.93. The smallest absolute Gasteiger partial charge is 0.410 e. The monoisotopic (exact) mass is 647 g/mol. The number of halogens is 1. The van der Waals surface area contributed by atoms with Gasteiger partial charge in [0.25, 0.3) is 0 Å². The molecule has 0 spiro atoms. The Kier molecular flexibility index (Phi) is 9.55. The van der Waals surface area contributed by atoms with Crippen LogP contribution in [0, 0.1) is 17.1 Å². The van der Waals surface area contributed by atoms with Gasteiger partial charge in [0.1, 0.15) is 23.1 Å². The standard InChI is InChI=1S/C33H42FN9O4/c1-32(2,3)46-30(44)41-11-8-25(9-12-41)43-19-23(18-38-43)22-16-36-29(37-17-22)40-28-14-27(21(15-35)13-26(28)34)39-24-7-10-42(20-24)31(45)47-33(4,5)6/h13-14,16-19,24-25,39H,7-12,20H2,1-6H3,(H,36,37,40)/t24-/m1/s1. The van der Waals surface area contributed by atoms with Crippen LogP contribution in [0.1, 0.15) is 72.4 Å². The Morgan fingerprint density at radius 1 is 0.894 bits per heavy atom. The Morgan fingerprint density at radius 3 is 2.13 bits per heavy atom. The van der Waals surface area contributed by atoms with Crippen LogP contribution < -0.4 is 10.6 Å². The van der Waals surface area contributed by atoms with Crippen LogP contribution in [-0.4, -0.2) is 85.2 Å². The second-order valence-electron chi connectivity index (χ2n) is 13.9. The van der Waals surface area contributed by atoms with Gasteiger partial charge in [-0.1, -0.05) is 0 Å². The first-order valence-electron chi connectivity index (χ1n) is 15.8. The lowest BCUT2D eigenvalue weighted by Gasteiger charge is -2.33. The molecule has 3 aromatic rings. The van der Waals surface area contributed by atoms with Crippen LogP contribution in [0.4, 0.5) is 31.3 Å². The molecule has 1 atom stereocenters. The van der Waals surface area contributed by atoms with E-state index in [4.69, 9.17) is 9.47 Å². The van der Waals surface area contributed by atoms with Gasteiger partial charge in [0.05, 0.1) is 29.2 Å². The molecule has 2 aliphatic rings. The summed E-state index contributed by atoms with van der Waals surface area (Å²) in [5, 5.41) is 20.4. The Labute approximate surface area is 274 Å². The molecular formula is C33H42FN9O4. The number of piperidine rings is 1. The highest BCUT2D eigenvalue weighted by atomic mass is 19.1. The van der Waals surface area contributed by atoms with Gasteiger partial charge in [-0.2, -0.15) is 10.4 Å². The van der Waals surface area contributed by atoms with E-state index in [1.807, 2.05) is 58.5 Å². The average molecular weight is 648 g/mol. The second-order valence-corrected chi connectivity index (χ2v) is 13.9. The number of carbonyl (C=O) groups is 2. The lowest BCUT2D eigenvalue weighted by Crippen LogP contribution is -2.42. The molecule has 2 saturated heterocycles. The number of hydrogen-bond donors (Lipinski definition) is 2. The summed E-state index contributed by atoms with van der Waals surface area (Å²) in [4.78, 5) is 37.0. The van der Waals surface area contributed by atoms with E-state index in [2.05, 4.69) is 25.7 Å². The number of amides is 2. The third-order valence-electron chi connectivity index (χ3n) is 7.75. The number of nitriles is 1. The largest absolute Gasteiger partial charge is 0.444 e. The summed E-state index contributed by atoms with van der Waals surface area (Å²) in [6, 6.07) is 4.72. The lowest BCUT2D eigenvalue weighted by molar-refractivity contribution is 0.0184. The van der Waals surface area contributed by atoms with Crippen LogP contribution in [0.15, 0.2) is 36.9 Å². The van der Waals surface area contributed by atoms with Gasteiger partial charge in [0, 0.05) is 61.9 Å². The van der Waals surface area contributed by atoms with E-state index in [0.29, 0.717) is 38.3 Å². The van der Waals surface area contributed by atoms with E-state index in [9.17, 15) is 14.9 Å². The van der Waals surface area contributed by atoms with Gasteiger partial charge in [0.2, 0.25) is 5.95 Å². The van der Waals surface area contributed by atoms with E-state index in [0.717, 1.165) is 30.0 Å². The number of ether oxygens (including phenoxy) is 2. The van der Waals surface area contributed by atoms with Crippen LogP contribution >= 0.6 is 0 Å². The van der Waals surface area contributed by atoms with E-state index in [1.54, 1.807) is 28.4 Å². The van der Waals surface area contributed by atoms with E-state index >= 15 is 4.39 Å². The molecule has 5 rings (SSSR count). The zero-order chi connectivity index (χ0) is 33.9. The zero-order valence-corrected chi connectivity index (χ0v) is 27.7. The number of likely N-dealkylation sites (tertiary alicyclic amines) is 2. The van der Waals surface area contributed by atoms with E-state index in [-0.39, 0.29) is 35.4 Å². The van der Waals surface area contributed by atoms with Gasteiger partial charge < -0.3 is 29.9 Å². The van der Waals surface area contributed by atoms with Crippen molar-refractivity contribution in [3.8, 4) is 17.2 Å². The van der Waals surface area contributed by atoms with Crippen molar-refractivity contribution in [1.29, 1.82) is 5.26 Å². The molecule has 2 amide bonds. The lowest BCUT2D eigenvalue weighted by atomic mass is 10.1. The fourth-order valence-electron chi connectivity index (χ4n) is 5.46. The topological polar surface area (TPSA) is 151 Å². The number of nitrogens with one attached hydrogen (secondary N) is 2. The van der Waals surface area contributed by atoms with Gasteiger partial charge in [-0.3, -0.25) is 4.68 Å². The molecule has 0 unspecified atom stereocenters. The van der Waals surface area contributed by atoms with E-state index in [1.165, 1.54) is 6.07 Å². The molecular weight excluding hydrogens is 605 g/mol. The van der Waals surface area contributed by atoms with Crippen LogP contribution in [0.5, 0.6) is 0 Å². The van der Waals surface area contributed by atoms with Crippen LogP contribution in [0.3, 0.4) is 0 Å². The van der Waals surface area contributed by atoms with Crippen molar-refractivity contribution in [3.05, 3.63) is 48.3 Å². The molecule has 2 fully saturated rings. The fraction of sp³-hybridized carbons (Fsp3) is 0.515. The number of nitrogens with zero attached hydrogens (tertiary/aromatic N) is 7. The third kappa shape index (κ3) is 8.66. The maximum absolute atomic E-state index is 15.0. The zero-order valence-electron chi connectivity index (χ0n) is 27.7. The van der Waals surface area contributed by atoms with Gasteiger partial charge >= 0.3 is 12.2 Å². The molecule has 0 saturated carbocycles. The number of hydrogen-bond acceptors (Lipinski definition) is 10. The molecule has 14 heteroatoms. The molecule has 13 nitrogen and oxygen atoms in total. The van der Waals surface area contributed by atoms with Crippen LogP contribution in [0.25, 0.3) is 11.1 Å². The molecule has 2 aliphatic heterocycles. The minimum Gasteiger partial charge on any atom is -0.444 e. The first-order chi connectivity index (χ1) is 22.2. The summed E-state index contributed by atoms with van der Waals surface area (Å²) >= 11 is 0. The number of benzene rings is 1. The summed E-state index contributed by atoms with van der Waals surface area (Å²) in [6.07, 6.45) is 8.43. The summed E-state index contributed by atoms with van der Waals surface area (Å²) in [5.74, 6) is -0.442. The maximum atomic E-state index is 15.0. The molecule has 0 aliphatic carbocycles. The molecule has 250 valence electrons. The molecule has 4 heterocycles. The van der Waals surface area contributed by atoms with Crippen molar-refractivity contribution >= 4 is 29.5 Å². The van der Waals surface area contributed by atoms with Crippen molar-refractivity contribution in [2.24, 2.45) is 0 Å². The molecule has 2 aromatic heterocycles. The molecule has 2 N–H and O–H groups in total. The Morgan fingerprint density at radius 2 is 1.51 bits per heavy atom. The first-order valence-corrected chi connectivity index (χ1v) is 15.8. The SMILES string of the molecule is CC(C)(C)OC(=O)N1CCC(n2cc(-c3cnc(Nc4cc(N[C@@H]5CCN(C(=O)OC(C)(C)C)C5)c(C#N)cc4F)nc3)cn2)CC1. The fourth-order valence-corrected chi connectivity index (χ4v) is 5.46. The molecule has 1 aromatic carbocycles. The van der Waals surface area contributed by atoms with Gasteiger partial charge in [-0.15, -0.1) is 0 Å². The van der Waals surface area contributed by atoms with Crippen molar-refractivity contribution in [3.63, 3.8) is 0 Å². The number of rotatable bonds is 6. The van der Waals surface area contributed by atoms with Gasteiger partial charge in [-0.05, 0) is 72.9 Å². The highest BCUT2D eigenvalue weighted by Gasteiger charge is 2.31. The summed E-state index contributed by atoms with van der Waals surface area (Å²) in [7, 11) is 0. The number of anilines is 3. The van der Waals surface area contributed by atoms with Crippen molar-refractivity contribution < 1.29 is 23.5 Å². The van der Waals surface area contributed by atoms with Crippen molar-refractivity contribution in [1.82, 2.24) is 29.5 Å². The molecule has 0 radical (unpaired) electrons. The highest BCUT2D eigenvalue weighted by Crippen LogP contribution is 2.30. The first kappa shape index (κ1) is 33.4. The Balaban J connectivity index is 1.19. The number of aromatic nitrogens is 4. The van der Waals surface area contributed by atoms with Crippen molar-refractivity contribution in [2.75, 3.05) is 36.8 Å². The van der Waals surface area contributed by atoms with Crippen LogP contribution in [-0.2, 0) is 9.47 Å². The van der Waals surface area contributed by atoms with Gasteiger partial charge in [0.15, 0.2) is 0 Å². The Bertz CT molecular complexity index is 1630. The molecule has 47 heavy (non-hydrogen) atoms. The summed E-state index contributed by atoms with van der Waals surface area (Å²) in [5.41, 5.74) is 1.14.